The first-order valence-corrected chi connectivity index (χ1v) is 13.1. The molecule has 1 saturated heterocycles. The molecule has 0 atom stereocenters. The van der Waals surface area contributed by atoms with Crippen LogP contribution in [-0.2, 0) is 6.42 Å². The highest BCUT2D eigenvalue weighted by molar-refractivity contribution is 6.07. The number of rotatable bonds is 8. The van der Waals surface area contributed by atoms with Crippen LogP contribution < -0.4 is 16.0 Å². The van der Waals surface area contributed by atoms with Crippen LogP contribution in [0.25, 0.3) is 17.2 Å². The van der Waals surface area contributed by atoms with E-state index in [1.807, 2.05) is 61.5 Å². The number of carbonyl (C=O) groups excluding carboxylic acids is 1. The van der Waals surface area contributed by atoms with Crippen molar-refractivity contribution in [3.8, 4) is 17.2 Å². The number of piperazine rings is 1. The lowest BCUT2D eigenvalue weighted by molar-refractivity contribution is 0.102. The highest BCUT2D eigenvalue weighted by atomic mass is 16.1. The minimum absolute atomic E-state index is 0.112. The number of hydrogen-bond acceptors (Lipinski definition) is 8. The van der Waals surface area contributed by atoms with E-state index >= 15 is 0 Å². The van der Waals surface area contributed by atoms with Crippen molar-refractivity contribution in [3.05, 3.63) is 78.1 Å². The SMILES string of the molecule is CN1CCN(CCc2ccc(NC(=O)c3cn(-c4nccc(-c5ccc(N(C)C)cc5)n4)nc3N)cc2)CC1. The average Bonchev–Trinajstić information content (AvgIpc) is 3.35. The van der Waals surface area contributed by atoms with Crippen LogP contribution in [-0.4, -0.2) is 89.3 Å². The molecule has 4 aromatic rings. The van der Waals surface area contributed by atoms with Crippen LogP contribution in [0.3, 0.4) is 0 Å². The Labute approximate surface area is 229 Å². The summed E-state index contributed by atoms with van der Waals surface area (Å²) in [5, 5.41) is 7.22. The average molecular weight is 526 g/mol. The summed E-state index contributed by atoms with van der Waals surface area (Å²) < 4.78 is 1.43. The Morgan fingerprint density at radius 1 is 1.00 bits per heavy atom. The highest BCUT2D eigenvalue weighted by Crippen LogP contribution is 2.22. The van der Waals surface area contributed by atoms with Crippen molar-refractivity contribution in [1.82, 2.24) is 29.5 Å². The fraction of sp³-hybridized carbons (Fsp3) is 0.310. The largest absolute Gasteiger partial charge is 0.382 e. The van der Waals surface area contributed by atoms with Gasteiger partial charge in [0.2, 0.25) is 0 Å². The number of carbonyl (C=O) groups is 1. The van der Waals surface area contributed by atoms with Crippen LogP contribution in [0.15, 0.2) is 67.0 Å². The number of likely N-dealkylation sites (N-methyl/N-ethyl adjacent to an activating group) is 1. The quantitative estimate of drug-likeness (QED) is 0.362. The number of nitrogens with one attached hydrogen (secondary N) is 1. The third kappa shape index (κ3) is 6.42. The van der Waals surface area contributed by atoms with Crippen LogP contribution in [0.5, 0.6) is 0 Å². The van der Waals surface area contributed by atoms with Gasteiger partial charge in [0.1, 0.15) is 5.56 Å². The summed E-state index contributed by atoms with van der Waals surface area (Å²) in [6.07, 6.45) is 4.21. The maximum absolute atomic E-state index is 13.0. The van der Waals surface area contributed by atoms with E-state index in [1.165, 1.54) is 10.2 Å². The molecule has 10 heteroatoms. The van der Waals surface area contributed by atoms with Gasteiger partial charge in [0.05, 0.1) is 5.69 Å². The molecule has 1 fully saturated rings. The van der Waals surface area contributed by atoms with E-state index < -0.39 is 0 Å². The molecule has 1 amide bonds. The third-order valence-corrected chi connectivity index (χ3v) is 7.04. The van der Waals surface area contributed by atoms with E-state index in [1.54, 1.807) is 12.4 Å². The maximum Gasteiger partial charge on any atom is 0.261 e. The molecule has 1 aliphatic heterocycles. The number of nitrogens with two attached hydrogens (primary N) is 1. The van der Waals surface area contributed by atoms with Crippen molar-refractivity contribution in [2.75, 3.05) is 69.8 Å². The van der Waals surface area contributed by atoms with Crippen molar-refractivity contribution < 1.29 is 4.79 Å². The first-order chi connectivity index (χ1) is 18.9. The fourth-order valence-corrected chi connectivity index (χ4v) is 4.53. The minimum Gasteiger partial charge on any atom is -0.382 e. The normalized spacial score (nSPS) is 14.3. The van der Waals surface area contributed by atoms with Crippen LogP contribution in [0.4, 0.5) is 17.2 Å². The van der Waals surface area contributed by atoms with Crippen molar-refractivity contribution in [2.24, 2.45) is 0 Å². The van der Waals surface area contributed by atoms with Crippen molar-refractivity contribution in [1.29, 1.82) is 0 Å². The first-order valence-electron chi connectivity index (χ1n) is 13.1. The Hall–Kier alpha value is -4.28. The lowest BCUT2D eigenvalue weighted by Gasteiger charge is -2.32. The standard InChI is InChI=1S/C29H35N9O/c1-35(2)24-10-6-22(7-11-24)26-12-14-31-29(33-26)38-20-25(27(30)34-38)28(39)32-23-8-4-21(5-9-23)13-15-37-18-16-36(3)17-19-37/h4-12,14,20H,13,15-19H2,1-3H3,(H2,30,34)(H,32,39). The molecule has 1 aliphatic rings. The highest BCUT2D eigenvalue weighted by Gasteiger charge is 2.17. The maximum atomic E-state index is 13.0. The molecule has 39 heavy (non-hydrogen) atoms. The molecule has 2 aromatic heterocycles. The van der Waals surface area contributed by atoms with Crippen molar-refractivity contribution in [3.63, 3.8) is 0 Å². The second-order valence-electron chi connectivity index (χ2n) is 10.1. The van der Waals surface area contributed by atoms with E-state index in [4.69, 9.17) is 5.73 Å². The predicted molar refractivity (Wildman–Crippen MR) is 155 cm³/mol. The Morgan fingerprint density at radius 2 is 1.72 bits per heavy atom. The molecule has 5 rings (SSSR count). The zero-order chi connectivity index (χ0) is 27.4. The van der Waals surface area contributed by atoms with Crippen LogP contribution >= 0.6 is 0 Å². The minimum atomic E-state index is -0.334. The van der Waals surface area contributed by atoms with Crippen LogP contribution in [0.1, 0.15) is 15.9 Å². The van der Waals surface area contributed by atoms with Gasteiger partial charge in [-0.25, -0.2) is 14.6 Å². The molecule has 3 heterocycles. The second kappa shape index (κ2) is 11.6. The molecule has 10 nitrogen and oxygen atoms in total. The molecule has 0 bridgehead atoms. The molecular weight excluding hydrogens is 490 g/mol. The van der Waals surface area contributed by atoms with Gasteiger partial charge in [0, 0.05) is 76.2 Å². The van der Waals surface area contributed by atoms with E-state index in [2.05, 4.69) is 49.4 Å². The molecule has 0 saturated carbocycles. The van der Waals surface area contributed by atoms with Gasteiger partial charge in [0.25, 0.3) is 11.9 Å². The topological polar surface area (TPSA) is 108 Å². The Balaban J connectivity index is 1.22. The lowest BCUT2D eigenvalue weighted by Crippen LogP contribution is -2.45. The summed E-state index contributed by atoms with van der Waals surface area (Å²) >= 11 is 0. The van der Waals surface area contributed by atoms with Gasteiger partial charge in [-0.05, 0) is 49.4 Å². The molecule has 0 unspecified atom stereocenters. The summed E-state index contributed by atoms with van der Waals surface area (Å²) in [6.45, 7) is 5.50. The van der Waals surface area contributed by atoms with Crippen molar-refractivity contribution >= 4 is 23.1 Å². The molecule has 202 valence electrons. The number of benzene rings is 2. The van der Waals surface area contributed by atoms with Gasteiger partial charge in [-0.1, -0.05) is 24.3 Å². The van der Waals surface area contributed by atoms with Gasteiger partial charge in [0.15, 0.2) is 5.82 Å². The number of nitrogen functional groups attached to an aromatic ring is 1. The van der Waals surface area contributed by atoms with Gasteiger partial charge in [-0.3, -0.25) is 4.79 Å². The van der Waals surface area contributed by atoms with Gasteiger partial charge in [-0.2, -0.15) is 0 Å². The van der Waals surface area contributed by atoms with E-state index in [0.717, 1.165) is 56.1 Å². The first kappa shape index (κ1) is 26.3. The van der Waals surface area contributed by atoms with E-state index in [-0.39, 0.29) is 17.3 Å². The Morgan fingerprint density at radius 3 is 2.41 bits per heavy atom. The molecule has 3 N–H and O–H groups in total. The summed E-state index contributed by atoms with van der Waals surface area (Å²) in [5.74, 6) is 0.111. The number of hydrogen-bond donors (Lipinski definition) is 2. The summed E-state index contributed by atoms with van der Waals surface area (Å²) in [4.78, 5) is 28.9. The van der Waals surface area contributed by atoms with Gasteiger partial charge in [-0.15, -0.1) is 5.10 Å². The number of anilines is 3. The zero-order valence-electron chi connectivity index (χ0n) is 22.7. The number of amides is 1. The predicted octanol–water partition coefficient (Wildman–Crippen LogP) is 3.02. The monoisotopic (exact) mass is 525 g/mol. The fourth-order valence-electron chi connectivity index (χ4n) is 4.53. The molecule has 0 radical (unpaired) electrons. The van der Waals surface area contributed by atoms with Crippen LogP contribution in [0.2, 0.25) is 0 Å². The van der Waals surface area contributed by atoms with E-state index in [9.17, 15) is 4.79 Å². The summed E-state index contributed by atoms with van der Waals surface area (Å²) in [7, 11) is 6.17. The lowest BCUT2D eigenvalue weighted by atomic mass is 10.1. The smallest absolute Gasteiger partial charge is 0.261 e. The summed E-state index contributed by atoms with van der Waals surface area (Å²) in [6, 6.07) is 17.9. The van der Waals surface area contributed by atoms with E-state index in [0.29, 0.717) is 11.6 Å². The molecule has 0 spiro atoms. The summed E-state index contributed by atoms with van der Waals surface area (Å²) in [5.41, 5.74) is 11.1. The van der Waals surface area contributed by atoms with Gasteiger partial charge >= 0.3 is 0 Å². The second-order valence-corrected chi connectivity index (χ2v) is 10.1. The Bertz CT molecular complexity index is 1410. The zero-order valence-corrected chi connectivity index (χ0v) is 22.7. The van der Waals surface area contributed by atoms with Gasteiger partial charge < -0.3 is 25.8 Å². The number of aromatic nitrogens is 4. The molecular formula is C29H35N9O. The molecule has 0 aliphatic carbocycles. The molecule has 2 aromatic carbocycles. The third-order valence-electron chi connectivity index (χ3n) is 7.04. The van der Waals surface area contributed by atoms with Crippen LogP contribution in [0, 0.1) is 0 Å². The number of nitrogens with zero attached hydrogens (tertiary/aromatic N) is 7. The Kier molecular flexibility index (Phi) is 7.85. The van der Waals surface area contributed by atoms with Crippen molar-refractivity contribution in [2.45, 2.75) is 6.42 Å².